The monoisotopic (exact) mass is 293 g/mol. The van der Waals surface area contributed by atoms with Crippen molar-refractivity contribution >= 4 is 0 Å². The molecule has 122 valence electrons. The van der Waals surface area contributed by atoms with Gasteiger partial charge in [0.15, 0.2) is 0 Å². The quantitative estimate of drug-likeness (QED) is 0.423. The number of hydrogen-bond donors (Lipinski definition) is 1. The van der Waals surface area contributed by atoms with Crippen LogP contribution in [0.3, 0.4) is 0 Å². The van der Waals surface area contributed by atoms with Gasteiger partial charge < -0.3 is 29.0 Å². The van der Waals surface area contributed by atoms with Crippen LogP contribution in [0.15, 0.2) is 0 Å². The Morgan fingerprint density at radius 2 is 1.40 bits per heavy atom. The zero-order valence-electron chi connectivity index (χ0n) is 13.2. The first-order valence-corrected chi connectivity index (χ1v) is 7.27. The number of hydrogen-bond acceptors (Lipinski definition) is 6. The number of nitrogens with one attached hydrogen (secondary N) is 1. The minimum Gasteiger partial charge on any atom is -0.385 e. The molecule has 0 aromatic rings. The van der Waals surface area contributed by atoms with Gasteiger partial charge in [0.25, 0.3) is 0 Å². The summed E-state index contributed by atoms with van der Waals surface area (Å²) in [5.41, 5.74) is 0. The molecule has 0 aliphatic carbocycles. The van der Waals surface area contributed by atoms with Gasteiger partial charge in [-0.25, -0.2) is 0 Å². The fourth-order valence-corrected chi connectivity index (χ4v) is 1.48. The van der Waals surface area contributed by atoms with Gasteiger partial charge in [0, 0.05) is 27.4 Å². The van der Waals surface area contributed by atoms with Crippen LogP contribution in [0.1, 0.15) is 13.3 Å². The first-order valence-electron chi connectivity index (χ1n) is 7.27. The van der Waals surface area contributed by atoms with Crippen LogP contribution in [0.5, 0.6) is 0 Å². The van der Waals surface area contributed by atoms with Gasteiger partial charge in [-0.05, 0) is 19.9 Å². The Bertz CT molecular complexity index is 183. The Morgan fingerprint density at radius 1 is 0.800 bits per heavy atom. The van der Waals surface area contributed by atoms with Crippen molar-refractivity contribution in [2.45, 2.75) is 19.4 Å². The average molecular weight is 293 g/mol. The largest absolute Gasteiger partial charge is 0.385 e. The smallest absolute Gasteiger partial charge is 0.0704 e. The van der Waals surface area contributed by atoms with Gasteiger partial charge in [-0.3, -0.25) is 0 Å². The van der Waals surface area contributed by atoms with Crippen molar-refractivity contribution in [2.75, 3.05) is 73.6 Å². The summed E-state index contributed by atoms with van der Waals surface area (Å²) in [5, 5.41) is 3.32. The highest BCUT2D eigenvalue weighted by Gasteiger charge is 2.01. The maximum atomic E-state index is 5.61. The molecule has 6 heteroatoms. The molecule has 0 radical (unpaired) electrons. The third-order valence-electron chi connectivity index (χ3n) is 2.57. The molecule has 0 spiro atoms. The van der Waals surface area contributed by atoms with Gasteiger partial charge in [-0.15, -0.1) is 0 Å². The summed E-state index contributed by atoms with van der Waals surface area (Å²) in [7, 11) is 3.37. The molecule has 0 amide bonds. The standard InChI is InChI=1S/C14H31NO5/c1-14(13-15-5-4-6-16-2)20-12-11-19-10-9-18-8-7-17-3/h14-15H,4-13H2,1-3H3. The Morgan fingerprint density at radius 3 is 2.05 bits per heavy atom. The maximum absolute atomic E-state index is 5.61. The van der Waals surface area contributed by atoms with Gasteiger partial charge in [-0.2, -0.15) is 0 Å². The molecule has 0 saturated carbocycles. The Kier molecular flexibility index (Phi) is 16.6. The summed E-state index contributed by atoms with van der Waals surface area (Å²) in [6.07, 6.45) is 1.22. The van der Waals surface area contributed by atoms with Gasteiger partial charge >= 0.3 is 0 Å². The summed E-state index contributed by atoms with van der Waals surface area (Å²) in [6.45, 7) is 8.29. The third kappa shape index (κ3) is 15.8. The van der Waals surface area contributed by atoms with Crippen LogP contribution >= 0.6 is 0 Å². The van der Waals surface area contributed by atoms with E-state index in [0.29, 0.717) is 39.6 Å². The molecule has 0 aromatic heterocycles. The van der Waals surface area contributed by atoms with Gasteiger partial charge in [0.2, 0.25) is 0 Å². The summed E-state index contributed by atoms with van der Waals surface area (Å²) in [4.78, 5) is 0. The Balaban J connectivity index is 3.09. The number of methoxy groups -OCH3 is 2. The van der Waals surface area contributed by atoms with Crippen molar-refractivity contribution < 1.29 is 23.7 Å². The molecule has 0 bridgehead atoms. The summed E-state index contributed by atoms with van der Waals surface area (Å²) >= 11 is 0. The van der Waals surface area contributed by atoms with Crippen molar-refractivity contribution in [1.82, 2.24) is 5.32 Å². The lowest BCUT2D eigenvalue weighted by molar-refractivity contribution is -0.0116. The molecular formula is C14H31NO5. The van der Waals surface area contributed by atoms with E-state index in [1.807, 2.05) is 0 Å². The summed E-state index contributed by atoms with van der Waals surface area (Å²) < 4.78 is 26.1. The van der Waals surface area contributed by atoms with Gasteiger partial charge in [0.05, 0.1) is 45.7 Å². The molecule has 0 fully saturated rings. The molecule has 1 unspecified atom stereocenters. The lowest BCUT2D eigenvalue weighted by atomic mass is 10.3. The van der Waals surface area contributed by atoms with E-state index in [-0.39, 0.29) is 6.10 Å². The summed E-state index contributed by atoms with van der Waals surface area (Å²) in [6, 6.07) is 0. The normalized spacial score (nSPS) is 12.8. The number of ether oxygens (including phenoxy) is 5. The lowest BCUT2D eigenvalue weighted by Gasteiger charge is -2.14. The highest BCUT2D eigenvalue weighted by atomic mass is 16.6. The highest BCUT2D eigenvalue weighted by molar-refractivity contribution is 4.55. The van der Waals surface area contributed by atoms with Crippen LogP contribution < -0.4 is 5.32 Å². The molecule has 6 nitrogen and oxygen atoms in total. The van der Waals surface area contributed by atoms with Crippen LogP contribution in [0.25, 0.3) is 0 Å². The van der Waals surface area contributed by atoms with Crippen LogP contribution in [0.4, 0.5) is 0 Å². The molecule has 0 rings (SSSR count). The second-order valence-corrected chi connectivity index (χ2v) is 4.45. The van der Waals surface area contributed by atoms with Crippen molar-refractivity contribution in [3.05, 3.63) is 0 Å². The van der Waals surface area contributed by atoms with Crippen LogP contribution in [-0.2, 0) is 23.7 Å². The van der Waals surface area contributed by atoms with Crippen molar-refractivity contribution in [2.24, 2.45) is 0 Å². The maximum Gasteiger partial charge on any atom is 0.0704 e. The molecule has 1 N–H and O–H groups in total. The van der Waals surface area contributed by atoms with Crippen LogP contribution in [-0.4, -0.2) is 79.7 Å². The molecule has 1 atom stereocenters. The minimum atomic E-state index is 0.194. The van der Waals surface area contributed by atoms with E-state index in [1.54, 1.807) is 14.2 Å². The first-order chi connectivity index (χ1) is 9.81. The van der Waals surface area contributed by atoms with E-state index in [2.05, 4.69) is 12.2 Å². The van der Waals surface area contributed by atoms with E-state index in [1.165, 1.54) is 0 Å². The molecule has 0 saturated heterocycles. The van der Waals surface area contributed by atoms with Crippen LogP contribution in [0.2, 0.25) is 0 Å². The lowest BCUT2D eigenvalue weighted by Crippen LogP contribution is -2.29. The van der Waals surface area contributed by atoms with E-state index >= 15 is 0 Å². The van der Waals surface area contributed by atoms with Crippen molar-refractivity contribution in [3.63, 3.8) is 0 Å². The molecule has 0 heterocycles. The molecule has 20 heavy (non-hydrogen) atoms. The Labute approximate surface area is 123 Å². The van der Waals surface area contributed by atoms with Gasteiger partial charge in [-0.1, -0.05) is 0 Å². The third-order valence-corrected chi connectivity index (χ3v) is 2.57. The minimum absolute atomic E-state index is 0.194. The van der Waals surface area contributed by atoms with Crippen molar-refractivity contribution in [1.29, 1.82) is 0 Å². The molecule has 0 aliphatic heterocycles. The molecule has 0 aliphatic rings. The second kappa shape index (κ2) is 16.8. The second-order valence-electron chi connectivity index (χ2n) is 4.45. The SMILES string of the molecule is COCCCNCC(C)OCCOCCOCCOC. The molecule has 0 aromatic carbocycles. The predicted molar refractivity (Wildman–Crippen MR) is 78.3 cm³/mol. The van der Waals surface area contributed by atoms with E-state index in [4.69, 9.17) is 23.7 Å². The van der Waals surface area contributed by atoms with E-state index in [9.17, 15) is 0 Å². The molecular weight excluding hydrogens is 262 g/mol. The van der Waals surface area contributed by atoms with Crippen molar-refractivity contribution in [3.8, 4) is 0 Å². The van der Waals surface area contributed by atoms with E-state index < -0.39 is 0 Å². The topological polar surface area (TPSA) is 58.2 Å². The predicted octanol–water partition coefficient (Wildman–Crippen LogP) is 0.697. The van der Waals surface area contributed by atoms with E-state index in [0.717, 1.165) is 26.1 Å². The first kappa shape index (κ1) is 19.8. The van der Waals surface area contributed by atoms with Gasteiger partial charge in [0.1, 0.15) is 0 Å². The average Bonchev–Trinajstić information content (AvgIpc) is 2.45. The zero-order chi connectivity index (χ0) is 14.9. The van der Waals surface area contributed by atoms with Crippen LogP contribution in [0, 0.1) is 0 Å². The highest BCUT2D eigenvalue weighted by Crippen LogP contribution is 1.90. The fourth-order valence-electron chi connectivity index (χ4n) is 1.48. The fraction of sp³-hybridized carbons (Fsp3) is 1.00. The zero-order valence-corrected chi connectivity index (χ0v) is 13.2. The Hall–Kier alpha value is -0.240. The number of rotatable bonds is 16. The summed E-state index contributed by atoms with van der Waals surface area (Å²) in [5.74, 6) is 0.